The number of fused-ring (bicyclic) bond motifs is 1. The summed E-state index contributed by atoms with van der Waals surface area (Å²) in [6.07, 6.45) is 19.3. The van der Waals surface area contributed by atoms with Crippen LogP contribution >= 0.6 is 0 Å². The maximum absolute atomic E-state index is 14.0. The third-order valence-corrected chi connectivity index (χ3v) is 17.9. The van der Waals surface area contributed by atoms with E-state index in [1.54, 1.807) is 37.5 Å². The number of hydrogen-bond donors (Lipinski definition) is 4. The quantitative estimate of drug-likeness (QED) is 0.0734. The molecule has 2 aliphatic heterocycles. The number of carbonyl (C=O) groups excluding carboxylic acids is 1. The van der Waals surface area contributed by atoms with E-state index in [-0.39, 0.29) is 28.6 Å². The molecule has 4 aliphatic carbocycles. The van der Waals surface area contributed by atoms with E-state index >= 15 is 0 Å². The lowest BCUT2D eigenvalue weighted by molar-refractivity contribution is -0.384. The Morgan fingerprint density at radius 2 is 1.78 bits per heavy atom. The monoisotopic (exact) mass is 938 g/mol. The Labute approximate surface area is 393 Å². The van der Waals surface area contributed by atoms with Gasteiger partial charge in [-0.05, 0) is 137 Å². The van der Waals surface area contributed by atoms with Crippen LogP contribution in [-0.2, 0) is 14.8 Å². The molecule has 360 valence electrons. The molecule has 16 nitrogen and oxygen atoms in total. The molecule has 4 N–H and O–H groups in total. The van der Waals surface area contributed by atoms with Crippen molar-refractivity contribution in [2.75, 3.05) is 43.0 Å². The van der Waals surface area contributed by atoms with Crippen LogP contribution in [0.4, 0.5) is 17.2 Å². The third-order valence-electron chi connectivity index (χ3n) is 16.6. The summed E-state index contributed by atoms with van der Waals surface area (Å²) in [6, 6.07) is 10.8. The van der Waals surface area contributed by atoms with Crippen LogP contribution in [0.25, 0.3) is 11.0 Å². The van der Waals surface area contributed by atoms with Gasteiger partial charge >= 0.3 is 5.69 Å². The minimum absolute atomic E-state index is 0.0322. The lowest BCUT2D eigenvalue weighted by Crippen LogP contribution is -2.64. The van der Waals surface area contributed by atoms with E-state index in [0.717, 1.165) is 81.2 Å². The van der Waals surface area contributed by atoms with Gasteiger partial charge in [0.25, 0.3) is 15.9 Å². The topological polar surface area (TPSA) is 205 Å². The molecular formula is C50H66N8O8S. The molecule has 0 radical (unpaired) electrons. The van der Waals surface area contributed by atoms with E-state index < -0.39 is 37.0 Å². The van der Waals surface area contributed by atoms with E-state index in [9.17, 15) is 28.4 Å². The van der Waals surface area contributed by atoms with Gasteiger partial charge in [0.2, 0.25) is 5.82 Å². The number of sulfonamides is 1. The Bertz CT molecular complexity index is 2590. The van der Waals surface area contributed by atoms with E-state index in [0.29, 0.717) is 60.1 Å². The number of anilines is 2. The molecule has 6 fully saturated rings. The number of benzene rings is 1. The highest BCUT2D eigenvalue weighted by Crippen LogP contribution is 2.56. The Morgan fingerprint density at radius 3 is 2.51 bits per heavy atom. The summed E-state index contributed by atoms with van der Waals surface area (Å²) in [6.45, 7) is 10.7. The van der Waals surface area contributed by atoms with E-state index in [1.165, 1.54) is 51.4 Å². The van der Waals surface area contributed by atoms with E-state index in [2.05, 4.69) is 48.6 Å². The smallest absolute Gasteiger partial charge is 0.312 e. The average Bonchev–Trinajstić information content (AvgIpc) is 3.88. The van der Waals surface area contributed by atoms with E-state index in [1.807, 2.05) is 12.1 Å². The Kier molecular flexibility index (Phi) is 12.3. The molecule has 1 amide bonds. The molecule has 3 aromatic heterocycles. The van der Waals surface area contributed by atoms with Gasteiger partial charge in [-0.25, -0.2) is 23.1 Å². The second-order valence-corrected chi connectivity index (χ2v) is 23.2. The van der Waals surface area contributed by atoms with Crippen molar-refractivity contribution in [3.63, 3.8) is 0 Å². The van der Waals surface area contributed by atoms with Crippen LogP contribution < -0.4 is 19.7 Å². The fourth-order valence-corrected chi connectivity index (χ4v) is 13.2. The molecule has 2 spiro atoms. The number of H-pyrrole nitrogens is 1. The number of aromatic nitrogens is 3. The number of ether oxygens (including phenoxy) is 2. The third kappa shape index (κ3) is 9.62. The molecule has 5 heterocycles. The largest absolute Gasteiger partial charge is 0.455 e. The summed E-state index contributed by atoms with van der Waals surface area (Å²) in [7, 11) is -4.63. The number of nitrogens with zero attached hydrogens (tertiary/aromatic N) is 5. The van der Waals surface area contributed by atoms with Crippen LogP contribution in [0.5, 0.6) is 11.5 Å². The molecule has 10 rings (SSSR count). The van der Waals surface area contributed by atoms with Crippen LogP contribution in [0.15, 0.2) is 59.9 Å². The number of rotatable bonds is 13. The minimum Gasteiger partial charge on any atom is -0.455 e. The number of nitrogens with one attached hydrogen (secondary N) is 3. The van der Waals surface area contributed by atoms with Gasteiger partial charge in [-0.2, -0.15) is 0 Å². The SMILES string of the molecule is CC(C)C1CCCCC1[C@@H]1COC2(CC2)CN1C1CC2(CCN(c3ccc(C(=O)NS(=O)(=O)c4cnc(NCC5CCC(C)(O)CC5)c([N+](=O)[O-])c4)c(Oc4cnc5[nH]ccc5c4)c3)CC2)C1. The van der Waals surface area contributed by atoms with Crippen molar-refractivity contribution in [2.45, 2.75) is 139 Å². The van der Waals surface area contributed by atoms with Crippen LogP contribution in [0.3, 0.4) is 0 Å². The number of pyridine rings is 2. The number of carbonyl (C=O) groups is 1. The first-order valence-electron chi connectivity index (χ1n) is 24.6. The summed E-state index contributed by atoms with van der Waals surface area (Å²) < 4.78 is 42.6. The summed E-state index contributed by atoms with van der Waals surface area (Å²) >= 11 is 0. The van der Waals surface area contributed by atoms with Gasteiger partial charge < -0.3 is 29.8 Å². The van der Waals surface area contributed by atoms with Crippen molar-refractivity contribution in [1.82, 2.24) is 24.6 Å². The zero-order valence-electron chi connectivity index (χ0n) is 39.0. The van der Waals surface area contributed by atoms with Gasteiger partial charge in [-0.1, -0.05) is 26.7 Å². The second-order valence-electron chi connectivity index (χ2n) is 21.6. The number of morpholine rings is 1. The lowest BCUT2D eigenvalue weighted by Gasteiger charge is -2.60. The van der Waals surface area contributed by atoms with Crippen LogP contribution in [0.2, 0.25) is 0 Å². The number of piperidine rings is 1. The zero-order chi connectivity index (χ0) is 46.7. The Hall–Kier alpha value is -4.84. The van der Waals surface area contributed by atoms with E-state index in [4.69, 9.17) is 9.47 Å². The fraction of sp³-hybridized carbons (Fsp3) is 0.620. The molecular weight excluding hydrogens is 873 g/mol. The predicted octanol–water partition coefficient (Wildman–Crippen LogP) is 8.58. The molecule has 6 aliphatic rings. The van der Waals surface area contributed by atoms with Crippen LogP contribution in [0.1, 0.15) is 121 Å². The number of aromatic amines is 1. The summed E-state index contributed by atoms with van der Waals surface area (Å²) in [5.74, 6) is 1.81. The molecule has 0 bridgehead atoms. The first-order valence-corrected chi connectivity index (χ1v) is 26.1. The number of amides is 1. The van der Waals surface area contributed by atoms with Gasteiger partial charge in [-0.15, -0.1) is 0 Å². The highest BCUT2D eigenvalue weighted by Gasteiger charge is 2.57. The number of hydrogen-bond acceptors (Lipinski definition) is 13. The van der Waals surface area contributed by atoms with Gasteiger partial charge in [0, 0.05) is 67.7 Å². The van der Waals surface area contributed by atoms with Gasteiger partial charge in [0.15, 0.2) is 0 Å². The molecule has 4 aromatic rings. The highest BCUT2D eigenvalue weighted by atomic mass is 32.2. The predicted molar refractivity (Wildman–Crippen MR) is 255 cm³/mol. The maximum Gasteiger partial charge on any atom is 0.312 e. The Balaban J connectivity index is 0.834. The van der Waals surface area contributed by atoms with Crippen LogP contribution in [-0.4, -0.2) is 100 Å². The van der Waals surface area contributed by atoms with Crippen molar-refractivity contribution in [3.8, 4) is 11.5 Å². The number of aliphatic hydroxyl groups is 1. The van der Waals surface area contributed by atoms with Gasteiger partial charge in [-0.3, -0.25) is 19.8 Å². The maximum atomic E-state index is 14.0. The summed E-state index contributed by atoms with van der Waals surface area (Å²) in [4.78, 5) is 41.8. The lowest BCUT2D eigenvalue weighted by atomic mass is 9.59. The van der Waals surface area contributed by atoms with Crippen molar-refractivity contribution in [3.05, 3.63) is 70.7 Å². The molecule has 17 heteroatoms. The van der Waals surface area contributed by atoms with Crippen molar-refractivity contribution in [2.24, 2.45) is 29.1 Å². The van der Waals surface area contributed by atoms with Gasteiger partial charge in [0.1, 0.15) is 22.0 Å². The van der Waals surface area contributed by atoms with Crippen molar-refractivity contribution in [1.29, 1.82) is 0 Å². The second kappa shape index (κ2) is 17.9. The molecule has 4 saturated carbocycles. The first kappa shape index (κ1) is 45.9. The molecule has 1 aromatic carbocycles. The van der Waals surface area contributed by atoms with Crippen molar-refractivity contribution < 1.29 is 32.7 Å². The molecule has 67 heavy (non-hydrogen) atoms. The van der Waals surface area contributed by atoms with Crippen molar-refractivity contribution >= 4 is 44.2 Å². The first-order chi connectivity index (χ1) is 32.1. The summed E-state index contributed by atoms with van der Waals surface area (Å²) in [5.41, 5.74) is 0.628. The zero-order valence-corrected chi connectivity index (χ0v) is 39.9. The standard InChI is InChI=1S/C50H66N8O8S/c1-32(2)39-6-4-5-7-40(39)43-30-65-50(15-16-50)31-57(43)36-25-49(26-36)17-20-56(21-18-49)35-8-9-41(44(23-35)66-37-22-34-12-19-51-45(34)53-28-37)47(59)55-67(63,64)38-24-42(58(61)62)46(54-29-38)52-27-33-10-13-48(3,60)14-11-33/h8-9,12,19,22-24,28-29,32-33,36,39-40,43,60H,4-7,10-11,13-18,20-21,25-27,30-31H2,1-3H3,(H,51,53)(H,52,54)(H,55,59)/t33?,39?,40?,43-,48?/m0/s1. The number of nitro groups is 1. The average molecular weight is 939 g/mol. The normalized spacial score (nSPS) is 28.3. The highest BCUT2D eigenvalue weighted by molar-refractivity contribution is 7.90. The molecule has 2 unspecified atom stereocenters. The Morgan fingerprint density at radius 1 is 1.01 bits per heavy atom. The summed E-state index contributed by atoms with van der Waals surface area (Å²) in [5, 5.41) is 26.3. The van der Waals surface area contributed by atoms with Crippen LogP contribution in [0, 0.1) is 39.2 Å². The molecule has 3 atom stereocenters. The molecule has 2 saturated heterocycles. The fourth-order valence-electron chi connectivity index (χ4n) is 12.3. The van der Waals surface area contributed by atoms with Gasteiger partial charge in [0.05, 0.1) is 40.7 Å². The minimum atomic E-state index is -4.63.